The normalized spacial score (nSPS) is 10.3. The maximum atomic E-state index is 7.74. The molecule has 0 unspecified atom stereocenters. The fraction of sp³-hybridized carbons (Fsp3) is 0.200. The second-order valence-corrected chi connectivity index (χ2v) is 4.52. The molecular formula is C15H17ClN4O. The molecule has 3 rings (SSSR count). The average Bonchev–Trinajstić information content (AvgIpc) is 3.05. The molecule has 3 aromatic rings. The molecule has 0 atom stereocenters. The molecule has 110 valence electrons. The van der Waals surface area contributed by atoms with Crippen LogP contribution in [0.5, 0.6) is 0 Å². The first-order chi connectivity index (χ1) is 9.78. The molecule has 0 saturated heterocycles. The summed E-state index contributed by atoms with van der Waals surface area (Å²) in [6.45, 7) is 3.18. The minimum Gasteiger partial charge on any atom is -0.478 e. The Bertz CT molecular complexity index is 730. The summed E-state index contributed by atoms with van der Waals surface area (Å²) in [5.74, 6) is 0.221. The van der Waals surface area contributed by atoms with Gasteiger partial charge >= 0.3 is 0 Å². The van der Waals surface area contributed by atoms with Crippen molar-refractivity contribution in [1.82, 2.24) is 14.2 Å². The van der Waals surface area contributed by atoms with E-state index in [0.29, 0.717) is 6.61 Å². The van der Waals surface area contributed by atoms with Crippen LogP contribution in [0.2, 0.25) is 0 Å². The number of benzene rings is 1. The topological polar surface area (TPSA) is 55.3 Å². The van der Waals surface area contributed by atoms with Gasteiger partial charge in [0.15, 0.2) is 0 Å². The third-order valence-corrected chi connectivity index (χ3v) is 3.19. The van der Waals surface area contributed by atoms with Gasteiger partial charge in [-0.3, -0.25) is 5.41 Å². The number of hydrogen-bond donors (Lipinski definition) is 1. The van der Waals surface area contributed by atoms with Gasteiger partial charge in [-0.15, -0.1) is 12.4 Å². The Kier molecular flexibility index (Phi) is 4.65. The lowest BCUT2D eigenvalue weighted by Crippen LogP contribution is -2.05. The maximum Gasteiger partial charge on any atom is 0.213 e. The molecule has 0 fully saturated rings. The second kappa shape index (κ2) is 6.45. The van der Waals surface area contributed by atoms with Crippen LogP contribution < -0.4 is 0 Å². The molecule has 1 N–H and O–H groups in total. The number of halogens is 1. The van der Waals surface area contributed by atoms with Crippen molar-refractivity contribution in [2.45, 2.75) is 13.5 Å². The molecule has 0 saturated carbocycles. The molecular weight excluding hydrogens is 288 g/mol. The van der Waals surface area contributed by atoms with Crippen LogP contribution in [-0.4, -0.2) is 26.7 Å². The van der Waals surface area contributed by atoms with Gasteiger partial charge in [-0.25, -0.2) is 4.52 Å². The van der Waals surface area contributed by atoms with Gasteiger partial charge in [-0.2, -0.15) is 5.10 Å². The fourth-order valence-corrected chi connectivity index (χ4v) is 2.19. The van der Waals surface area contributed by atoms with Gasteiger partial charge in [0.2, 0.25) is 5.90 Å². The largest absolute Gasteiger partial charge is 0.478 e. The maximum absolute atomic E-state index is 7.74. The third-order valence-electron chi connectivity index (χ3n) is 3.19. The van der Waals surface area contributed by atoms with E-state index in [1.807, 2.05) is 54.2 Å². The summed E-state index contributed by atoms with van der Waals surface area (Å²) in [6.07, 6.45) is 5.74. The number of ether oxygens (including phenoxy) is 1. The highest BCUT2D eigenvalue weighted by atomic mass is 35.5. The second-order valence-electron chi connectivity index (χ2n) is 4.52. The van der Waals surface area contributed by atoms with Crippen molar-refractivity contribution >= 4 is 24.0 Å². The molecule has 5 nitrogen and oxygen atoms in total. The summed E-state index contributed by atoms with van der Waals surface area (Å²) in [4.78, 5) is 0. The van der Waals surface area contributed by atoms with Crippen LogP contribution in [0.3, 0.4) is 0 Å². The number of nitrogens with zero attached hydrogens (tertiary/aromatic N) is 3. The summed E-state index contributed by atoms with van der Waals surface area (Å²) in [6, 6.07) is 9.87. The summed E-state index contributed by atoms with van der Waals surface area (Å²) < 4.78 is 9.17. The van der Waals surface area contributed by atoms with Crippen molar-refractivity contribution in [2.75, 3.05) is 6.61 Å². The molecule has 21 heavy (non-hydrogen) atoms. The van der Waals surface area contributed by atoms with Crippen LogP contribution in [0.4, 0.5) is 0 Å². The number of nitrogens with one attached hydrogen (secondary N) is 1. The highest BCUT2D eigenvalue weighted by molar-refractivity contribution is 5.91. The van der Waals surface area contributed by atoms with E-state index in [9.17, 15) is 0 Å². The van der Waals surface area contributed by atoms with Gasteiger partial charge in [0.05, 0.1) is 12.8 Å². The molecule has 0 aliphatic rings. The zero-order valence-corrected chi connectivity index (χ0v) is 12.5. The Balaban J connectivity index is 0.00000161. The molecule has 1 aromatic carbocycles. The number of aromatic nitrogens is 3. The lowest BCUT2D eigenvalue weighted by molar-refractivity contribution is 0.325. The molecule has 0 spiro atoms. The lowest BCUT2D eigenvalue weighted by atomic mass is 10.1. The van der Waals surface area contributed by atoms with E-state index in [1.165, 1.54) is 5.56 Å². The van der Waals surface area contributed by atoms with E-state index in [1.54, 1.807) is 6.20 Å². The van der Waals surface area contributed by atoms with Crippen molar-refractivity contribution in [3.8, 4) is 0 Å². The molecule has 0 aliphatic carbocycles. The van der Waals surface area contributed by atoms with E-state index in [2.05, 4.69) is 9.67 Å². The summed E-state index contributed by atoms with van der Waals surface area (Å²) in [5, 5.41) is 11.9. The van der Waals surface area contributed by atoms with Crippen LogP contribution in [0, 0.1) is 5.41 Å². The van der Waals surface area contributed by atoms with Gasteiger partial charge in [0, 0.05) is 30.6 Å². The van der Waals surface area contributed by atoms with Crippen molar-refractivity contribution in [1.29, 1.82) is 5.41 Å². The van der Waals surface area contributed by atoms with Crippen molar-refractivity contribution < 1.29 is 4.74 Å². The Hall–Kier alpha value is -2.27. The lowest BCUT2D eigenvalue weighted by Gasteiger charge is -2.07. The van der Waals surface area contributed by atoms with Crippen LogP contribution in [-0.2, 0) is 11.3 Å². The zero-order chi connectivity index (χ0) is 13.9. The highest BCUT2D eigenvalue weighted by Gasteiger charge is 2.04. The van der Waals surface area contributed by atoms with Gasteiger partial charge in [-0.05, 0) is 24.6 Å². The van der Waals surface area contributed by atoms with Crippen LogP contribution in [0.1, 0.15) is 18.1 Å². The smallest absolute Gasteiger partial charge is 0.213 e. The third kappa shape index (κ3) is 3.08. The number of fused-ring (bicyclic) bond motifs is 1. The van der Waals surface area contributed by atoms with E-state index < -0.39 is 0 Å². The standard InChI is InChI=1S/C15H16N4O.ClH/c1-2-20-15(16)13-5-3-12(4-6-13)11-18-9-10-19-14(18)7-8-17-19;/h3-10,16H,2,11H2,1H3;1H. The van der Waals surface area contributed by atoms with Gasteiger partial charge in [0.25, 0.3) is 0 Å². The van der Waals surface area contributed by atoms with Gasteiger partial charge < -0.3 is 9.30 Å². The Morgan fingerprint density at radius 3 is 2.67 bits per heavy atom. The van der Waals surface area contributed by atoms with Gasteiger partial charge in [0.1, 0.15) is 5.65 Å². The molecule has 0 radical (unpaired) electrons. The average molecular weight is 305 g/mol. The molecule has 0 bridgehead atoms. The summed E-state index contributed by atoms with van der Waals surface area (Å²) in [7, 11) is 0. The van der Waals surface area contributed by atoms with Crippen molar-refractivity contribution in [3.63, 3.8) is 0 Å². The monoisotopic (exact) mass is 304 g/mol. The van der Waals surface area contributed by atoms with Crippen LogP contribution in [0.15, 0.2) is 48.9 Å². The zero-order valence-electron chi connectivity index (χ0n) is 11.7. The van der Waals surface area contributed by atoms with E-state index >= 15 is 0 Å². The number of rotatable bonds is 4. The first-order valence-corrected chi connectivity index (χ1v) is 6.57. The molecule has 0 aliphatic heterocycles. The Labute approximate surface area is 129 Å². The SMILES string of the molecule is CCOC(=N)c1ccc(Cn2ccn3nccc23)cc1.Cl. The fourth-order valence-electron chi connectivity index (χ4n) is 2.19. The Morgan fingerprint density at radius 2 is 1.95 bits per heavy atom. The molecule has 0 amide bonds. The first kappa shape index (κ1) is 15.1. The van der Waals surface area contributed by atoms with Crippen molar-refractivity contribution in [3.05, 3.63) is 60.0 Å². The minimum absolute atomic E-state index is 0. The van der Waals surface area contributed by atoms with Crippen molar-refractivity contribution in [2.24, 2.45) is 0 Å². The predicted molar refractivity (Wildman–Crippen MR) is 84.4 cm³/mol. The highest BCUT2D eigenvalue weighted by Crippen LogP contribution is 2.11. The van der Waals surface area contributed by atoms with E-state index in [4.69, 9.17) is 10.1 Å². The molecule has 2 aromatic heterocycles. The van der Waals surface area contributed by atoms with Crippen LogP contribution >= 0.6 is 12.4 Å². The Morgan fingerprint density at radius 1 is 1.19 bits per heavy atom. The number of imidazole rings is 1. The minimum atomic E-state index is 0. The van der Waals surface area contributed by atoms with E-state index in [-0.39, 0.29) is 18.3 Å². The number of hydrogen-bond acceptors (Lipinski definition) is 3. The van der Waals surface area contributed by atoms with E-state index in [0.717, 1.165) is 17.8 Å². The van der Waals surface area contributed by atoms with Crippen LogP contribution in [0.25, 0.3) is 5.65 Å². The first-order valence-electron chi connectivity index (χ1n) is 6.57. The summed E-state index contributed by atoms with van der Waals surface area (Å²) >= 11 is 0. The van der Waals surface area contributed by atoms with Gasteiger partial charge in [-0.1, -0.05) is 12.1 Å². The summed E-state index contributed by atoms with van der Waals surface area (Å²) in [5.41, 5.74) is 3.05. The quantitative estimate of drug-likeness (QED) is 0.595. The molecule has 6 heteroatoms. The predicted octanol–water partition coefficient (Wildman–Crippen LogP) is 2.97. The molecule has 2 heterocycles.